The molecule has 1 heterocycles. The van der Waals surface area contributed by atoms with E-state index in [1.807, 2.05) is 36.4 Å². The predicted octanol–water partition coefficient (Wildman–Crippen LogP) is 6.36. The van der Waals surface area contributed by atoms with Gasteiger partial charge in [0.2, 0.25) is 0 Å². The van der Waals surface area contributed by atoms with Crippen molar-refractivity contribution < 1.29 is 4.79 Å². The van der Waals surface area contributed by atoms with Gasteiger partial charge in [-0.05, 0) is 76.5 Å². The minimum absolute atomic E-state index is 0.214. The third-order valence-corrected chi connectivity index (χ3v) is 5.83. The van der Waals surface area contributed by atoms with Crippen LogP contribution in [0.15, 0.2) is 115 Å². The summed E-state index contributed by atoms with van der Waals surface area (Å²) in [6.45, 7) is 0. The lowest BCUT2D eigenvalue weighted by molar-refractivity contribution is -0.115. The molecule has 1 saturated heterocycles. The van der Waals surface area contributed by atoms with Crippen molar-refractivity contribution in [3.8, 4) is 0 Å². The van der Waals surface area contributed by atoms with E-state index in [9.17, 15) is 4.79 Å². The molecule has 170 valence electrons. The molecular formula is C30H23N3OS. The third kappa shape index (κ3) is 5.54. The van der Waals surface area contributed by atoms with Crippen molar-refractivity contribution in [1.29, 1.82) is 0 Å². The van der Waals surface area contributed by atoms with Crippen LogP contribution in [0.4, 0.5) is 11.4 Å². The lowest BCUT2D eigenvalue weighted by Crippen LogP contribution is -2.21. The lowest BCUT2D eigenvalue weighted by Gasteiger charge is -2.10. The molecule has 0 saturated carbocycles. The summed E-state index contributed by atoms with van der Waals surface area (Å²) in [7, 11) is 0. The van der Waals surface area contributed by atoms with Crippen molar-refractivity contribution in [2.75, 3.05) is 5.32 Å². The Morgan fingerprint density at radius 2 is 1.17 bits per heavy atom. The first-order chi connectivity index (χ1) is 17.1. The van der Waals surface area contributed by atoms with Gasteiger partial charge in [-0.15, -0.1) is 0 Å². The van der Waals surface area contributed by atoms with Crippen LogP contribution in [0.1, 0.15) is 22.3 Å². The monoisotopic (exact) mass is 473 g/mol. The molecule has 0 aromatic heterocycles. The van der Waals surface area contributed by atoms with Crippen LogP contribution in [-0.2, 0) is 4.79 Å². The zero-order valence-corrected chi connectivity index (χ0v) is 19.7. The Bertz CT molecular complexity index is 1370. The summed E-state index contributed by atoms with van der Waals surface area (Å²) in [5.41, 5.74) is 7.99. The van der Waals surface area contributed by atoms with Gasteiger partial charge < -0.3 is 10.6 Å². The van der Waals surface area contributed by atoms with E-state index in [4.69, 9.17) is 12.2 Å². The van der Waals surface area contributed by atoms with E-state index >= 15 is 0 Å². The Labute approximate surface area is 210 Å². The van der Waals surface area contributed by atoms with Crippen LogP contribution in [-0.4, -0.2) is 11.0 Å². The van der Waals surface area contributed by atoms with Crippen molar-refractivity contribution in [3.05, 3.63) is 137 Å². The molecule has 0 aliphatic carbocycles. The first-order valence-electron chi connectivity index (χ1n) is 11.3. The molecule has 4 aromatic rings. The lowest BCUT2D eigenvalue weighted by atomic mass is 9.96. The molecule has 35 heavy (non-hydrogen) atoms. The van der Waals surface area contributed by atoms with Gasteiger partial charge in [-0.2, -0.15) is 0 Å². The van der Waals surface area contributed by atoms with Gasteiger partial charge in [0, 0.05) is 11.4 Å². The third-order valence-electron chi connectivity index (χ3n) is 5.62. The maximum Gasteiger partial charge on any atom is 0.273 e. The number of hydrogen-bond donors (Lipinski definition) is 3. The maximum absolute atomic E-state index is 11.8. The van der Waals surface area contributed by atoms with Gasteiger partial charge in [0.15, 0.2) is 5.11 Å². The van der Waals surface area contributed by atoms with Crippen LogP contribution in [0.3, 0.4) is 0 Å². The van der Waals surface area contributed by atoms with Gasteiger partial charge in [-0.25, -0.2) is 0 Å². The van der Waals surface area contributed by atoms with E-state index in [0.717, 1.165) is 22.5 Å². The highest BCUT2D eigenvalue weighted by atomic mass is 32.1. The number of hydrogen-bond acceptors (Lipinski definition) is 3. The predicted molar refractivity (Wildman–Crippen MR) is 148 cm³/mol. The molecule has 0 radical (unpaired) electrons. The fourth-order valence-corrected chi connectivity index (χ4v) is 4.08. The van der Waals surface area contributed by atoms with Crippen LogP contribution in [0.2, 0.25) is 0 Å². The van der Waals surface area contributed by atoms with Gasteiger partial charge in [0.05, 0.1) is 0 Å². The van der Waals surface area contributed by atoms with E-state index in [0.29, 0.717) is 10.8 Å². The normalized spacial score (nSPS) is 13.8. The summed E-state index contributed by atoms with van der Waals surface area (Å²) in [6.07, 6.45) is 3.99. The first-order valence-corrected chi connectivity index (χ1v) is 11.7. The molecule has 3 N–H and O–H groups in total. The summed E-state index contributed by atoms with van der Waals surface area (Å²) in [6, 6.07) is 37.1. The fraction of sp³-hybridized carbons (Fsp3) is 0. The van der Waals surface area contributed by atoms with Crippen molar-refractivity contribution in [2.24, 2.45) is 0 Å². The Morgan fingerprint density at radius 3 is 1.66 bits per heavy atom. The molecule has 5 rings (SSSR count). The van der Waals surface area contributed by atoms with E-state index in [2.05, 4.69) is 94.8 Å². The number of carbonyl (C=O) groups is 1. The summed E-state index contributed by atoms with van der Waals surface area (Å²) < 4.78 is 0. The minimum atomic E-state index is -0.214. The van der Waals surface area contributed by atoms with Gasteiger partial charge in [0.25, 0.3) is 5.91 Å². The van der Waals surface area contributed by atoms with Crippen molar-refractivity contribution in [3.63, 3.8) is 0 Å². The molecule has 0 atom stereocenters. The summed E-state index contributed by atoms with van der Waals surface area (Å²) in [4.78, 5) is 11.8. The molecule has 4 aromatic carbocycles. The topological polar surface area (TPSA) is 53.2 Å². The highest BCUT2D eigenvalue weighted by Gasteiger charge is 2.19. The standard InChI is InChI=1S/C30H23N3OS/c34-29-28(32-30(35)33-29)20-22-13-17-26(18-14-22)31-25-15-11-21(12-16-25)19-27(23-7-3-1-4-8-23)24-9-5-2-6-10-24/h1-20,31H,(H2,32,33,34,35)/b28-20-. The largest absolute Gasteiger partial charge is 0.356 e. The van der Waals surface area contributed by atoms with E-state index in [1.54, 1.807) is 6.08 Å². The molecule has 0 bridgehead atoms. The van der Waals surface area contributed by atoms with Gasteiger partial charge in [-0.1, -0.05) is 84.9 Å². The van der Waals surface area contributed by atoms with Crippen LogP contribution >= 0.6 is 12.2 Å². The molecule has 0 unspecified atom stereocenters. The highest BCUT2D eigenvalue weighted by Crippen LogP contribution is 2.27. The number of rotatable bonds is 6. The Balaban J connectivity index is 1.32. The number of thiocarbonyl (C=S) groups is 1. The second-order valence-electron chi connectivity index (χ2n) is 8.13. The van der Waals surface area contributed by atoms with E-state index < -0.39 is 0 Å². The minimum Gasteiger partial charge on any atom is -0.356 e. The molecule has 1 fully saturated rings. The number of amides is 1. The van der Waals surface area contributed by atoms with Crippen molar-refractivity contribution >= 4 is 52.3 Å². The number of carbonyl (C=O) groups excluding carboxylic acids is 1. The summed E-state index contributed by atoms with van der Waals surface area (Å²) in [5, 5.41) is 9.18. The van der Waals surface area contributed by atoms with E-state index in [1.165, 1.54) is 16.7 Å². The van der Waals surface area contributed by atoms with Gasteiger partial charge in [-0.3, -0.25) is 10.1 Å². The summed E-state index contributed by atoms with van der Waals surface area (Å²) >= 11 is 4.97. The smallest absolute Gasteiger partial charge is 0.273 e. The molecule has 1 aliphatic heterocycles. The molecule has 0 spiro atoms. The van der Waals surface area contributed by atoms with Crippen LogP contribution < -0.4 is 16.0 Å². The zero-order chi connectivity index (χ0) is 24.0. The number of benzene rings is 4. The number of nitrogens with one attached hydrogen (secondary N) is 3. The first kappa shape index (κ1) is 22.3. The molecule has 1 aliphatic rings. The summed E-state index contributed by atoms with van der Waals surface area (Å²) in [5.74, 6) is -0.214. The van der Waals surface area contributed by atoms with Gasteiger partial charge >= 0.3 is 0 Å². The van der Waals surface area contributed by atoms with Crippen molar-refractivity contribution in [2.45, 2.75) is 0 Å². The van der Waals surface area contributed by atoms with Gasteiger partial charge in [0.1, 0.15) is 5.70 Å². The molecule has 5 heteroatoms. The molecular weight excluding hydrogens is 450 g/mol. The van der Waals surface area contributed by atoms with Crippen molar-refractivity contribution in [1.82, 2.24) is 10.6 Å². The fourth-order valence-electron chi connectivity index (χ4n) is 3.88. The average molecular weight is 474 g/mol. The second kappa shape index (κ2) is 10.2. The second-order valence-corrected chi connectivity index (χ2v) is 8.53. The maximum atomic E-state index is 11.8. The van der Waals surface area contributed by atoms with Crippen LogP contribution in [0.25, 0.3) is 17.7 Å². The molecule has 4 nitrogen and oxygen atoms in total. The SMILES string of the molecule is O=C1NC(=S)N/C1=C\c1ccc(Nc2ccc(C=C(c3ccccc3)c3ccccc3)cc2)cc1. The Hall–Kier alpha value is -4.48. The van der Waals surface area contributed by atoms with Crippen LogP contribution in [0, 0.1) is 0 Å². The zero-order valence-electron chi connectivity index (χ0n) is 18.9. The van der Waals surface area contributed by atoms with E-state index in [-0.39, 0.29) is 5.91 Å². The number of anilines is 2. The molecule has 1 amide bonds. The Morgan fingerprint density at radius 1 is 0.657 bits per heavy atom. The Kier molecular flexibility index (Phi) is 6.50. The highest BCUT2D eigenvalue weighted by molar-refractivity contribution is 7.80. The van der Waals surface area contributed by atoms with Crippen LogP contribution in [0.5, 0.6) is 0 Å². The average Bonchev–Trinajstić information content (AvgIpc) is 3.22. The quantitative estimate of drug-likeness (QED) is 0.173.